The number of carbonyl (C=O) groups is 1. The van der Waals surface area contributed by atoms with Gasteiger partial charge in [-0.15, -0.1) is 0 Å². The van der Waals surface area contributed by atoms with E-state index in [1.807, 2.05) is 38.1 Å². The lowest BCUT2D eigenvalue weighted by Gasteiger charge is -2.29. The number of benzene rings is 3. The molecule has 1 heterocycles. The molecule has 6 nitrogen and oxygen atoms in total. The highest BCUT2D eigenvalue weighted by Crippen LogP contribution is 2.33. The fourth-order valence-electron chi connectivity index (χ4n) is 4.07. The second kappa shape index (κ2) is 9.23. The molecule has 0 aromatic heterocycles. The number of ether oxygens (including phenoxy) is 1. The Morgan fingerprint density at radius 1 is 1.06 bits per heavy atom. The van der Waals surface area contributed by atoms with Crippen molar-refractivity contribution >= 4 is 27.3 Å². The maximum atomic E-state index is 13.5. The van der Waals surface area contributed by atoms with Crippen molar-refractivity contribution in [3.05, 3.63) is 84.2 Å². The Morgan fingerprint density at radius 3 is 2.39 bits per heavy atom. The summed E-state index contributed by atoms with van der Waals surface area (Å²) in [7, 11) is -4.14. The molecule has 33 heavy (non-hydrogen) atoms. The number of anilines is 2. The Balaban J connectivity index is 1.71. The molecule has 0 saturated heterocycles. The molecule has 1 amide bonds. The van der Waals surface area contributed by atoms with Gasteiger partial charge in [0.1, 0.15) is 18.1 Å². The van der Waals surface area contributed by atoms with Crippen LogP contribution in [0.1, 0.15) is 19.4 Å². The van der Waals surface area contributed by atoms with E-state index in [-0.39, 0.29) is 16.8 Å². The highest BCUT2D eigenvalue weighted by atomic mass is 32.2. The van der Waals surface area contributed by atoms with Crippen molar-refractivity contribution in [2.45, 2.75) is 31.2 Å². The van der Waals surface area contributed by atoms with Gasteiger partial charge in [0.25, 0.3) is 10.0 Å². The molecule has 8 heteroatoms. The molecule has 1 aliphatic rings. The van der Waals surface area contributed by atoms with Crippen molar-refractivity contribution in [2.75, 3.05) is 22.4 Å². The zero-order chi connectivity index (χ0) is 23.6. The summed E-state index contributed by atoms with van der Waals surface area (Å²) in [5.41, 5.74) is 2.16. The third-order valence-electron chi connectivity index (χ3n) is 5.59. The van der Waals surface area contributed by atoms with Crippen LogP contribution >= 0.6 is 0 Å². The number of hydrogen-bond donors (Lipinski definition) is 0. The van der Waals surface area contributed by atoms with Crippen LogP contribution in [-0.4, -0.2) is 33.5 Å². The van der Waals surface area contributed by atoms with E-state index in [0.717, 1.165) is 27.7 Å². The van der Waals surface area contributed by atoms with Crippen molar-refractivity contribution in [1.29, 1.82) is 0 Å². The average molecular weight is 469 g/mol. The smallest absolute Gasteiger partial charge is 0.264 e. The van der Waals surface area contributed by atoms with Crippen LogP contribution in [0, 0.1) is 5.82 Å². The first kappa shape index (κ1) is 22.8. The summed E-state index contributed by atoms with van der Waals surface area (Å²) < 4.78 is 47.0. The predicted octanol–water partition coefficient (Wildman–Crippen LogP) is 4.40. The molecule has 0 radical (unpaired) electrons. The molecule has 0 fully saturated rings. The zero-order valence-electron chi connectivity index (χ0n) is 18.4. The van der Waals surface area contributed by atoms with Crippen LogP contribution in [0.15, 0.2) is 77.7 Å². The third kappa shape index (κ3) is 4.57. The van der Waals surface area contributed by atoms with E-state index in [9.17, 15) is 17.6 Å². The van der Waals surface area contributed by atoms with E-state index in [2.05, 4.69) is 0 Å². The molecule has 0 aliphatic carbocycles. The Labute approximate surface area is 193 Å². The van der Waals surface area contributed by atoms with Gasteiger partial charge in [-0.05, 0) is 80.4 Å². The molecule has 0 saturated carbocycles. The Bertz CT molecular complexity index is 1240. The minimum atomic E-state index is -4.14. The Morgan fingerprint density at radius 2 is 1.73 bits per heavy atom. The summed E-state index contributed by atoms with van der Waals surface area (Å²) in [6, 6.07) is 18.6. The lowest BCUT2D eigenvalue weighted by Crippen LogP contribution is -2.45. The van der Waals surface area contributed by atoms with E-state index in [0.29, 0.717) is 24.5 Å². The van der Waals surface area contributed by atoms with Gasteiger partial charge in [-0.25, -0.2) is 12.8 Å². The van der Waals surface area contributed by atoms with Crippen molar-refractivity contribution < 1.29 is 22.3 Å². The van der Waals surface area contributed by atoms with Gasteiger partial charge in [0, 0.05) is 11.7 Å². The predicted molar refractivity (Wildman–Crippen MR) is 126 cm³/mol. The fourth-order valence-corrected chi connectivity index (χ4v) is 5.48. The van der Waals surface area contributed by atoms with E-state index in [1.165, 1.54) is 12.1 Å². The quantitative estimate of drug-likeness (QED) is 0.516. The topological polar surface area (TPSA) is 66.9 Å². The van der Waals surface area contributed by atoms with Gasteiger partial charge >= 0.3 is 0 Å². The van der Waals surface area contributed by atoms with E-state index in [1.54, 1.807) is 29.2 Å². The summed E-state index contributed by atoms with van der Waals surface area (Å²) in [6.07, 6.45) is 0.704. The van der Waals surface area contributed by atoms with E-state index >= 15 is 0 Å². The summed E-state index contributed by atoms with van der Waals surface area (Å²) >= 11 is 0. The number of para-hydroxylation sites is 1. The molecule has 1 atom stereocenters. The molecule has 172 valence electrons. The Kier molecular flexibility index (Phi) is 6.37. The number of rotatable bonds is 7. The van der Waals surface area contributed by atoms with Crippen LogP contribution in [-0.2, 0) is 21.2 Å². The molecule has 0 bridgehead atoms. The van der Waals surface area contributed by atoms with Crippen molar-refractivity contribution in [2.24, 2.45) is 0 Å². The Hall–Kier alpha value is -3.39. The summed E-state index contributed by atoms with van der Waals surface area (Å²) in [5, 5.41) is 0. The summed E-state index contributed by atoms with van der Waals surface area (Å²) in [5.74, 6) is -0.291. The first-order chi connectivity index (χ1) is 15.8. The van der Waals surface area contributed by atoms with Crippen LogP contribution in [0.3, 0.4) is 0 Å². The van der Waals surface area contributed by atoms with Gasteiger partial charge in [-0.2, -0.15) is 0 Å². The summed E-state index contributed by atoms with van der Waals surface area (Å²) in [6.45, 7) is 3.87. The molecule has 0 N–H and O–H groups in total. The van der Waals surface area contributed by atoms with Gasteiger partial charge in [0.05, 0.1) is 17.2 Å². The van der Waals surface area contributed by atoms with Gasteiger partial charge in [-0.3, -0.25) is 9.10 Å². The first-order valence-electron chi connectivity index (χ1n) is 10.7. The maximum absolute atomic E-state index is 13.5. The molecule has 1 aliphatic heterocycles. The van der Waals surface area contributed by atoms with Crippen LogP contribution in [0.25, 0.3) is 0 Å². The standard InChI is InChI=1S/C25H25FN2O4S/c1-3-32-22-12-10-21(11-13-22)27(33(30,31)23-14-8-20(26)9-15-23)17-25(29)28-18(2)16-19-6-4-5-7-24(19)28/h4-15,18H,3,16-17H2,1-2H3/t18-/m0/s1. The number of hydrogen-bond acceptors (Lipinski definition) is 4. The van der Waals surface area contributed by atoms with Gasteiger partial charge in [-0.1, -0.05) is 18.2 Å². The lowest BCUT2D eigenvalue weighted by molar-refractivity contribution is -0.117. The average Bonchev–Trinajstić information content (AvgIpc) is 3.14. The molecule has 0 spiro atoms. The van der Waals surface area contributed by atoms with Crippen molar-refractivity contribution in [3.63, 3.8) is 0 Å². The van der Waals surface area contributed by atoms with E-state index in [4.69, 9.17) is 4.74 Å². The van der Waals surface area contributed by atoms with Gasteiger partial charge in [0.2, 0.25) is 5.91 Å². The minimum Gasteiger partial charge on any atom is -0.494 e. The number of fused-ring (bicyclic) bond motifs is 1. The highest BCUT2D eigenvalue weighted by Gasteiger charge is 2.34. The monoisotopic (exact) mass is 468 g/mol. The SMILES string of the molecule is CCOc1ccc(N(CC(=O)N2c3ccccc3C[C@@H]2C)S(=O)(=O)c2ccc(F)cc2)cc1. The van der Waals surface area contributed by atoms with Crippen LogP contribution in [0.2, 0.25) is 0 Å². The molecule has 3 aromatic rings. The third-order valence-corrected chi connectivity index (χ3v) is 7.38. The molecule has 0 unspecified atom stereocenters. The number of carbonyl (C=O) groups excluding carboxylic acids is 1. The van der Waals surface area contributed by atoms with Crippen LogP contribution in [0.5, 0.6) is 5.75 Å². The normalized spacial score (nSPS) is 15.2. The fraction of sp³-hybridized carbons (Fsp3) is 0.240. The first-order valence-corrected chi connectivity index (χ1v) is 12.2. The largest absolute Gasteiger partial charge is 0.494 e. The summed E-state index contributed by atoms with van der Waals surface area (Å²) in [4.78, 5) is 15.0. The zero-order valence-corrected chi connectivity index (χ0v) is 19.3. The van der Waals surface area contributed by atoms with Crippen LogP contribution < -0.4 is 13.9 Å². The second-order valence-electron chi connectivity index (χ2n) is 7.84. The number of amides is 1. The maximum Gasteiger partial charge on any atom is 0.264 e. The van der Waals surface area contributed by atoms with E-state index < -0.39 is 22.4 Å². The van der Waals surface area contributed by atoms with Gasteiger partial charge < -0.3 is 9.64 Å². The molecular weight excluding hydrogens is 443 g/mol. The number of halogens is 1. The van der Waals surface area contributed by atoms with Gasteiger partial charge in [0.15, 0.2) is 0 Å². The highest BCUT2D eigenvalue weighted by molar-refractivity contribution is 7.92. The van der Waals surface area contributed by atoms with Crippen molar-refractivity contribution in [1.82, 2.24) is 0 Å². The van der Waals surface area contributed by atoms with Crippen LogP contribution in [0.4, 0.5) is 15.8 Å². The minimum absolute atomic E-state index is 0.0920. The lowest BCUT2D eigenvalue weighted by atomic mass is 10.1. The van der Waals surface area contributed by atoms with Crippen molar-refractivity contribution in [3.8, 4) is 5.75 Å². The molecule has 3 aromatic carbocycles. The molecule has 4 rings (SSSR count). The number of sulfonamides is 1. The second-order valence-corrected chi connectivity index (χ2v) is 9.70. The number of nitrogens with zero attached hydrogens (tertiary/aromatic N) is 2. The molecular formula is C25H25FN2O4S.